The molecule has 1 aromatic rings. The number of hydrogen-bond donors (Lipinski definition) is 2. The van der Waals surface area contributed by atoms with Gasteiger partial charge in [0.25, 0.3) is 0 Å². The Kier molecular flexibility index (Phi) is 3.64. The van der Waals surface area contributed by atoms with Crippen molar-refractivity contribution in [3.05, 3.63) is 45.8 Å². The molecule has 3 unspecified atom stereocenters. The second-order valence-corrected chi connectivity index (χ2v) is 4.56. The SMILES string of the molecule is NC(=O)C(NC(=O)C1CC1[N+](=O)[O-])c1ccccc1F. The van der Waals surface area contributed by atoms with Crippen LogP contribution in [0.25, 0.3) is 0 Å². The first kappa shape index (κ1) is 13.9. The molecule has 8 heteroatoms. The molecule has 2 rings (SSSR count). The van der Waals surface area contributed by atoms with E-state index in [1.54, 1.807) is 0 Å². The maximum atomic E-state index is 13.6. The van der Waals surface area contributed by atoms with E-state index in [-0.39, 0.29) is 12.0 Å². The van der Waals surface area contributed by atoms with E-state index in [4.69, 9.17) is 5.73 Å². The van der Waals surface area contributed by atoms with Crippen molar-refractivity contribution in [3.8, 4) is 0 Å². The molecule has 0 bridgehead atoms. The van der Waals surface area contributed by atoms with Crippen LogP contribution in [-0.2, 0) is 9.59 Å². The minimum Gasteiger partial charge on any atom is -0.368 e. The molecule has 106 valence electrons. The second-order valence-electron chi connectivity index (χ2n) is 4.56. The summed E-state index contributed by atoms with van der Waals surface area (Å²) in [4.78, 5) is 33.1. The average Bonchev–Trinajstić information content (AvgIpc) is 3.16. The molecule has 1 saturated carbocycles. The number of nitrogens with two attached hydrogens (primary N) is 1. The van der Waals surface area contributed by atoms with Crippen LogP contribution >= 0.6 is 0 Å². The Balaban J connectivity index is 2.12. The van der Waals surface area contributed by atoms with E-state index in [0.29, 0.717) is 0 Å². The molecule has 1 fully saturated rings. The fraction of sp³-hybridized carbons (Fsp3) is 0.333. The quantitative estimate of drug-likeness (QED) is 0.589. The molecule has 0 aliphatic heterocycles. The molecule has 0 saturated heterocycles. The molecule has 1 aliphatic carbocycles. The van der Waals surface area contributed by atoms with Gasteiger partial charge in [0.2, 0.25) is 17.9 Å². The van der Waals surface area contributed by atoms with Crippen molar-refractivity contribution >= 4 is 11.8 Å². The lowest BCUT2D eigenvalue weighted by Gasteiger charge is -2.16. The van der Waals surface area contributed by atoms with E-state index in [0.717, 1.165) is 6.07 Å². The molecule has 0 aromatic heterocycles. The van der Waals surface area contributed by atoms with E-state index in [2.05, 4.69) is 5.32 Å². The van der Waals surface area contributed by atoms with Crippen molar-refractivity contribution in [3.63, 3.8) is 0 Å². The third-order valence-electron chi connectivity index (χ3n) is 3.15. The number of amides is 2. The monoisotopic (exact) mass is 281 g/mol. The molecule has 20 heavy (non-hydrogen) atoms. The molecule has 0 radical (unpaired) electrons. The maximum absolute atomic E-state index is 13.6. The van der Waals surface area contributed by atoms with Crippen LogP contribution in [0.15, 0.2) is 24.3 Å². The normalized spacial score (nSPS) is 21.9. The third kappa shape index (κ3) is 2.73. The van der Waals surface area contributed by atoms with Gasteiger partial charge < -0.3 is 11.1 Å². The molecule has 3 atom stereocenters. The summed E-state index contributed by atoms with van der Waals surface area (Å²) in [6, 6.07) is 3.11. The fourth-order valence-corrected chi connectivity index (χ4v) is 1.96. The van der Waals surface area contributed by atoms with Gasteiger partial charge in [0.1, 0.15) is 17.8 Å². The van der Waals surface area contributed by atoms with Gasteiger partial charge in [0, 0.05) is 16.9 Å². The molecule has 0 heterocycles. The lowest BCUT2D eigenvalue weighted by Crippen LogP contribution is -2.39. The summed E-state index contributed by atoms with van der Waals surface area (Å²) in [5.74, 6) is -3.07. The Labute approximate surface area is 113 Å². The van der Waals surface area contributed by atoms with Crippen LogP contribution in [0.3, 0.4) is 0 Å². The predicted molar refractivity (Wildman–Crippen MR) is 65.4 cm³/mol. The zero-order valence-electron chi connectivity index (χ0n) is 10.3. The topological polar surface area (TPSA) is 115 Å². The van der Waals surface area contributed by atoms with Gasteiger partial charge in [-0.15, -0.1) is 0 Å². The summed E-state index contributed by atoms with van der Waals surface area (Å²) in [5, 5.41) is 12.8. The van der Waals surface area contributed by atoms with Gasteiger partial charge in [-0.3, -0.25) is 19.7 Å². The minimum atomic E-state index is -1.34. The van der Waals surface area contributed by atoms with Crippen LogP contribution in [0.5, 0.6) is 0 Å². The number of carbonyl (C=O) groups excluding carboxylic acids is 2. The molecule has 1 aromatic carbocycles. The van der Waals surface area contributed by atoms with Crippen molar-refractivity contribution in [1.29, 1.82) is 0 Å². The number of benzene rings is 1. The highest BCUT2D eigenvalue weighted by Crippen LogP contribution is 2.33. The van der Waals surface area contributed by atoms with Crippen molar-refractivity contribution < 1.29 is 18.9 Å². The van der Waals surface area contributed by atoms with Crippen LogP contribution in [-0.4, -0.2) is 22.8 Å². The lowest BCUT2D eigenvalue weighted by atomic mass is 10.1. The van der Waals surface area contributed by atoms with E-state index in [1.807, 2.05) is 0 Å². The molecular weight excluding hydrogens is 269 g/mol. The van der Waals surface area contributed by atoms with Gasteiger partial charge in [-0.05, 0) is 6.07 Å². The highest BCUT2D eigenvalue weighted by Gasteiger charge is 2.53. The van der Waals surface area contributed by atoms with Crippen molar-refractivity contribution in [2.75, 3.05) is 0 Å². The van der Waals surface area contributed by atoms with E-state index in [9.17, 15) is 24.1 Å². The first-order valence-electron chi connectivity index (χ1n) is 5.89. The number of rotatable bonds is 5. The van der Waals surface area contributed by atoms with Gasteiger partial charge in [0.05, 0.1) is 0 Å². The first-order valence-corrected chi connectivity index (χ1v) is 5.89. The number of halogens is 1. The highest BCUT2D eigenvalue weighted by atomic mass is 19.1. The average molecular weight is 281 g/mol. The van der Waals surface area contributed by atoms with Gasteiger partial charge in [-0.25, -0.2) is 4.39 Å². The van der Waals surface area contributed by atoms with Crippen LogP contribution in [0.2, 0.25) is 0 Å². The van der Waals surface area contributed by atoms with Crippen LogP contribution in [0, 0.1) is 21.8 Å². The van der Waals surface area contributed by atoms with E-state index < -0.39 is 40.6 Å². The van der Waals surface area contributed by atoms with Crippen molar-refractivity contribution in [2.45, 2.75) is 18.5 Å². The summed E-state index contributed by atoms with van der Waals surface area (Å²) < 4.78 is 13.6. The number of nitrogens with one attached hydrogen (secondary N) is 1. The number of primary amides is 1. The number of nitrogens with zero attached hydrogens (tertiary/aromatic N) is 1. The fourth-order valence-electron chi connectivity index (χ4n) is 1.96. The van der Waals surface area contributed by atoms with E-state index >= 15 is 0 Å². The molecular formula is C12H12FN3O4. The molecule has 0 spiro atoms. The maximum Gasteiger partial charge on any atom is 0.244 e. The van der Waals surface area contributed by atoms with Gasteiger partial charge >= 0.3 is 0 Å². The van der Waals surface area contributed by atoms with Gasteiger partial charge in [0.15, 0.2) is 0 Å². The van der Waals surface area contributed by atoms with Gasteiger partial charge in [-0.1, -0.05) is 18.2 Å². The van der Waals surface area contributed by atoms with Crippen molar-refractivity contribution in [2.24, 2.45) is 11.7 Å². The first-order chi connectivity index (χ1) is 9.41. The second kappa shape index (κ2) is 5.24. The zero-order chi connectivity index (χ0) is 14.9. The zero-order valence-corrected chi connectivity index (χ0v) is 10.3. The molecule has 1 aliphatic rings. The summed E-state index contributed by atoms with van der Waals surface area (Å²) in [5.41, 5.74) is 5.08. The Morgan fingerprint density at radius 1 is 1.45 bits per heavy atom. The molecule has 2 amide bonds. The van der Waals surface area contributed by atoms with E-state index in [1.165, 1.54) is 18.2 Å². The van der Waals surface area contributed by atoms with Gasteiger partial charge in [-0.2, -0.15) is 0 Å². The molecule has 3 N–H and O–H groups in total. The van der Waals surface area contributed by atoms with Crippen molar-refractivity contribution in [1.82, 2.24) is 5.32 Å². The third-order valence-corrected chi connectivity index (χ3v) is 3.15. The largest absolute Gasteiger partial charge is 0.368 e. The Hall–Kier alpha value is -2.51. The minimum absolute atomic E-state index is 0.0633. The Morgan fingerprint density at radius 2 is 2.10 bits per heavy atom. The highest BCUT2D eigenvalue weighted by molar-refractivity contribution is 5.89. The summed E-state index contributed by atoms with van der Waals surface area (Å²) in [6.07, 6.45) is 0.113. The predicted octanol–water partition coefficient (Wildman–Crippen LogP) is 0.134. The number of carbonyl (C=O) groups is 2. The van der Waals surface area contributed by atoms with Crippen LogP contribution in [0.4, 0.5) is 4.39 Å². The Morgan fingerprint density at radius 3 is 2.60 bits per heavy atom. The summed E-state index contributed by atoms with van der Waals surface area (Å²) in [7, 11) is 0. The lowest BCUT2D eigenvalue weighted by molar-refractivity contribution is -0.497. The Bertz CT molecular complexity index is 578. The standard InChI is InChI=1S/C12H12FN3O4/c13-8-4-2-1-3-6(8)10(11(14)17)15-12(18)7-5-9(7)16(19)20/h1-4,7,9-10H,5H2,(H2,14,17)(H,15,18). The summed E-state index contributed by atoms with van der Waals surface area (Å²) in [6.45, 7) is 0. The smallest absolute Gasteiger partial charge is 0.244 e. The number of nitro groups is 1. The summed E-state index contributed by atoms with van der Waals surface area (Å²) >= 11 is 0. The molecule has 7 nitrogen and oxygen atoms in total. The van der Waals surface area contributed by atoms with Crippen LogP contribution < -0.4 is 11.1 Å². The van der Waals surface area contributed by atoms with Crippen LogP contribution in [0.1, 0.15) is 18.0 Å². The number of hydrogen-bond acceptors (Lipinski definition) is 4.